The number of benzene rings is 1. The van der Waals surface area contributed by atoms with Gasteiger partial charge in [-0.2, -0.15) is 0 Å². The van der Waals surface area contributed by atoms with E-state index in [0.29, 0.717) is 26.2 Å². The minimum absolute atomic E-state index is 0.000360. The predicted octanol–water partition coefficient (Wildman–Crippen LogP) is 3.10. The first-order valence-electron chi connectivity index (χ1n) is 13.4. The Labute approximate surface area is 224 Å². The monoisotopic (exact) mass is 525 g/mol. The van der Waals surface area contributed by atoms with Gasteiger partial charge in [-0.1, -0.05) is 55.8 Å². The number of β-amino-alcohol motifs (C(OH)–C–C–N with tert-alkyl or cyclic N) is 1. The van der Waals surface area contributed by atoms with Crippen LogP contribution < -0.4 is 0 Å². The van der Waals surface area contributed by atoms with Gasteiger partial charge in [-0.05, 0) is 24.8 Å². The van der Waals surface area contributed by atoms with Gasteiger partial charge in [0.25, 0.3) is 0 Å². The average molecular weight is 526 g/mol. The number of rotatable bonds is 13. The van der Waals surface area contributed by atoms with Gasteiger partial charge in [0.15, 0.2) is 0 Å². The third-order valence-corrected chi connectivity index (χ3v) is 9.93. The summed E-state index contributed by atoms with van der Waals surface area (Å²) in [6, 6.07) is 9.15. The molecule has 3 heterocycles. The number of aliphatic hydroxyl groups excluding tert-OH is 1. The number of carbonyl (C=O) groups is 3. The van der Waals surface area contributed by atoms with Crippen LogP contribution in [0.5, 0.6) is 0 Å². The van der Waals surface area contributed by atoms with E-state index in [2.05, 4.69) is 20.1 Å². The Morgan fingerprint density at radius 3 is 2.51 bits per heavy atom. The number of unbranched alkanes of at least 4 members (excludes halogenated alkanes) is 1. The summed E-state index contributed by atoms with van der Waals surface area (Å²) >= 11 is 1.67. The molecule has 7 nitrogen and oxygen atoms in total. The topological polar surface area (TPSA) is 81.2 Å². The first-order valence-corrected chi connectivity index (χ1v) is 14.2. The minimum Gasteiger partial charge on any atom is -0.395 e. The van der Waals surface area contributed by atoms with E-state index in [1.54, 1.807) is 38.6 Å². The van der Waals surface area contributed by atoms with Crippen LogP contribution in [0, 0.1) is 11.8 Å². The average Bonchev–Trinajstić information content (AvgIpc) is 3.54. The van der Waals surface area contributed by atoms with Gasteiger partial charge in [-0.3, -0.25) is 14.4 Å². The van der Waals surface area contributed by atoms with Crippen molar-refractivity contribution >= 4 is 29.5 Å². The summed E-state index contributed by atoms with van der Waals surface area (Å²) in [6.45, 7) is 11.5. The normalized spacial score (nSPS) is 27.7. The van der Waals surface area contributed by atoms with E-state index in [4.69, 9.17) is 0 Å². The van der Waals surface area contributed by atoms with Crippen molar-refractivity contribution in [2.75, 3.05) is 32.8 Å². The van der Waals surface area contributed by atoms with Gasteiger partial charge >= 0.3 is 0 Å². The van der Waals surface area contributed by atoms with E-state index in [-0.39, 0.29) is 36.1 Å². The summed E-state index contributed by atoms with van der Waals surface area (Å²) in [5, 5.41) is 9.83. The van der Waals surface area contributed by atoms with Crippen LogP contribution in [-0.2, 0) is 20.9 Å². The summed E-state index contributed by atoms with van der Waals surface area (Å²) in [5.41, 5.74) is 1.02. The van der Waals surface area contributed by atoms with Gasteiger partial charge < -0.3 is 19.8 Å². The molecule has 4 rings (SSSR count). The van der Waals surface area contributed by atoms with E-state index < -0.39 is 22.6 Å². The first-order chi connectivity index (χ1) is 17.9. The van der Waals surface area contributed by atoms with Crippen molar-refractivity contribution in [2.45, 2.75) is 55.2 Å². The predicted molar refractivity (Wildman–Crippen MR) is 147 cm³/mol. The highest BCUT2D eigenvalue weighted by atomic mass is 32.2. The maximum atomic E-state index is 14.1. The number of amides is 3. The van der Waals surface area contributed by atoms with Crippen LogP contribution in [0.15, 0.2) is 55.6 Å². The molecule has 5 atom stereocenters. The van der Waals surface area contributed by atoms with Crippen LogP contribution in [0.1, 0.15) is 38.2 Å². The lowest BCUT2D eigenvalue weighted by Crippen LogP contribution is -2.55. The van der Waals surface area contributed by atoms with Crippen LogP contribution in [0.4, 0.5) is 0 Å². The summed E-state index contributed by atoms with van der Waals surface area (Å²) in [6.07, 6.45) is 6.77. The lowest BCUT2D eigenvalue weighted by Gasteiger charge is -2.37. The molecule has 2 unspecified atom stereocenters. The molecule has 3 amide bonds. The number of hydrogen-bond acceptors (Lipinski definition) is 5. The van der Waals surface area contributed by atoms with Gasteiger partial charge in [0.2, 0.25) is 17.7 Å². The molecule has 3 aliphatic rings. The summed E-state index contributed by atoms with van der Waals surface area (Å²) in [4.78, 5) is 47.2. The number of nitrogens with zero attached hydrogens (tertiary/aromatic N) is 3. The largest absolute Gasteiger partial charge is 0.395 e. The van der Waals surface area contributed by atoms with Gasteiger partial charge in [-0.25, -0.2) is 0 Å². The van der Waals surface area contributed by atoms with Crippen molar-refractivity contribution < 1.29 is 19.5 Å². The Kier molecular flexibility index (Phi) is 8.80. The molecule has 1 spiro atoms. The van der Waals surface area contributed by atoms with Crippen molar-refractivity contribution in [3.63, 3.8) is 0 Å². The molecule has 1 aromatic rings. The maximum Gasteiger partial charge on any atom is 0.247 e. The molecular formula is C29H39N3O4S. The standard InChI is InChI=1S/C29H39N3O4S/c1-4-7-17-30(15-5-2)28(36)25-29-14-13-22(37-29)23(24(29)27(35)32(25)18-19-33)26(34)31(16-6-3)20-21-11-9-8-10-12-21/h5-6,8-12,22-25,33H,2-4,7,13-20H2,1H3/t22-,23+,24-,25?,29?/m0/s1. The summed E-state index contributed by atoms with van der Waals surface area (Å²) in [5.74, 6) is -1.37. The van der Waals surface area contributed by atoms with E-state index in [0.717, 1.165) is 31.2 Å². The molecule has 200 valence electrons. The third kappa shape index (κ3) is 4.98. The molecule has 8 heteroatoms. The van der Waals surface area contributed by atoms with Crippen molar-refractivity contribution in [1.29, 1.82) is 0 Å². The highest BCUT2D eigenvalue weighted by molar-refractivity contribution is 8.02. The van der Waals surface area contributed by atoms with Gasteiger partial charge in [0.05, 0.1) is 23.2 Å². The highest BCUT2D eigenvalue weighted by Crippen LogP contribution is 2.66. The molecule has 0 saturated carbocycles. The fourth-order valence-corrected chi connectivity index (χ4v) is 8.64. The number of likely N-dealkylation sites (tertiary alicyclic amines) is 1. The van der Waals surface area contributed by atoms with E-state index in [9.17, 15) is 19.5 Å². The van der Waals surface area contributed by atoms with Crippen molar-refractivity contribution in [3.05, 3.63) is 61.2 Å². The smallest absolute Gasteiger partial charge is 0.247 e. The molecule has 0 aromatic heterocycles. The quantitative estimate of drug-likeness (QED) is 0.401. The molecular weight excluding hydrogens is 486 g/mol. The van der Waals surface area contributed by atoms with Gasteiger partial charge in [-0.15, -0.1) is 24.9 Å². The van der Waals surface area contributed by atoms with Crippen LogP contribution >= 0.6 is 11.8 Å². The molecule has 3 aliphatic heterocycles. The van der Waals surface area contributed by atoms with E-state index in [1.165, 1.54) is 0 Å². The number of aliphatic hydroxyl groups is 1. The maximum absolute atomic E-state index is 14.1. The van der Waals surface area contributed by atoms with Crippen LogP contribution in [0.2, 0.25) is 0 Å². The number of fused-ring (bicyclic) bond motifs is 1. The second-order valence-corrected chi connectivity index (χ2v) is 11.8. The fraction of sp³-hybridized carbons (Fsp3) is 0.552. The van der Waals surface area contributed by atoms with Crippen molar-refractivity contribution in [2.24, 2.45) is 11.8 Å². The number of hydrogen-bond donors (Lipinski definition) is 1. The van der Waals surface area contributed by atoms with Crippen LogP contribution in [0.25, 0.3) is 0 Å². The molecule has 3 saturated heterocycles. The zero-order chi connectivity index (χ0) is 26.6. The second-order valence-electron chi connectivity index (χ2n) is 10.2. The lowest BCUT2D eigenvalue weighted by molar-refractivity contribution is -0.145. The SMILES string of the molecule is C=CCN(CCCC)C(=O)C1N(CCO)C(=O)[C@@H]2[C@H](C(=O)N(CC=C)Cc3ccccc3)[C@@H]3CCC12S3. The molecule has 37 heavy (non-hydrogen) atoms. The summed E-state index contributed by atoms with van der Waals surface area (Å²) in [7, 11) is 0. The van der Waals surface area contributed by atoms with Crippen molar-refractivity contribution in [3.8, 4) is 0 Å². The Morgan fingerprint density at radius 2 is 1.86 bits per heavy atom. The van der Waals surface area contributed by atoms with Gasteiger partial charge in [0.1, 0.15) is 6.04 Å². The second kappa shape index (κ2) is 11.9. The lowest BCUT2D eigenvalue weighted by atomic mass is 9.70. The molecule has 3 fully saturated rings. The Hall–Kier alpha value is -2.58. The Morgan fingerprint density at radius 1 is 1.16 bits per heavy atom. The molecule has 2 bridgehead atoms. The van der Waals surface area contributed by atoms with E-state index in [1.807, 2.05) is 30.3 Å². The molecule has 0 radical (unpaired) electrons. The summed E-state index contributed by atoms with van der Waals surface area (Å²) < 4.78 is -0.646. The van der Waals surface area contributed by atoms with E-state index >= 15 is 0 Å². The fourth-order valence-electron chi connectivity index (χ4n) is 6.43. The van der Waals surface area contributed by atoms with Crippen LogP contribution in [-0.4, -0.2) is 86.4 Å². The van der Waals surface area contributed by atoms with Gasteiger partial charge in [0, 0.05) is 38.0 Å². The highest BCUT2D eigenvalue weighted by Gasteiger charge is 2.73. The zero-order valence-corrected chi connectivity index (χ0v) is 22.6. The first kappa shape index (κ1) is 27.5. The zero-order valence-electron chi connectivity index (χ0n) is 21.8. The third-order valence-electron chi connectivity index (χ3n) is 7.98. The molecule has 1 N–H and O–H groups in total. The number of carbonyl (C=O) groups excluding carboxylic acids is 3. The molecule has 0 aliphatic carbocycles. The Balaban J connectivity index is 1.67. The van der Waals surface area contributed by atoms with Crippen molar-refractivity contribution in [1.82, 2.24) is 14.7 Å². The number of thioether (sulfide) groups is 1. The Bertz CT molecular complexity index is 1020. The van der Waals surface area contributed by atoms with Crippen LogP contribution in [0.3, 0.4) is 0 Å². The minimum atomic E-state index is -0.677. The molecule has 1 aromatic carbocycles.